The molecule has 0 aromatic heterocycles. The molecule has 7 heteroatoms. The summed E-state index contributed by atoms with van der Waals surface area (Å²) in [6, 6.07) is 0. The molecule has 0 amide bonds. The van der Waals surface area contributed by atoms with E-state index in [-0.39, 0.29) is 12.6 Å². The van der Waals surface area contributed by atoms with Gasteiger partial charge in [0.1, 0.15) is 0 Å². The highest BCUT2D eigenvalue weighted by Gasteiger charge is 2.02. The maximum atomic E-state index is 10.6. The first-order chi connectivity index (χ1) is 13.4. The maximum Gasteiger partial charge on any atom is 0.354 e. The van der Waals surface area contributed by atoms with E-state index in [0.29, 0.717) is 0 Å². The van der Waals surface area contributed by atoms with E-state index in [1.807, 2.05) is 0 Å². The Morgan fingerprint density at radius 1 is 0.714 bits per heavy atom. The van der Waals surface area contributed by atoms with Crippen molar-refractivity contribution < 1.29 is 19.4 Å². The first-order valence-electron chi connectivity index (χ1n) is 10.9. The Labute approximate surface area is 171 Å². The van der Waals surface area contributed by atoms with Gasteiger partial charge in [0.25, 0.3) is 0 Å². The summed E-state index contributed by atoms with van der Waals surface area (Å²) < 4.78 is 4.52. The van der Waals surface area contributed by atoms with Crippen LogP contribution in [0.15, 0.2) is 0 Å². The maximum absolute atomic E-state index is 10.6. The summed E-state index contributed by atoms with van der Waals surface area (Å²) in [4.78, 5) is 20.7. The van der Waals surface area contributed by atoms with Crippen LogP contribution in [0.25, 0.3) is 0 Å². The first-order valence-corrected chi connectivity index (χ1v) is 10.9. The molecule has 0 heterocycles. The predicted molar refractivity (Wildman–Crippen MR) is 112 cm³/mol. The number of ether oxygens (including phenoxy) is 1. The third-order valence-corrected chi connectivity index (χ3v) is 4.40. The lowest BCUT2D eigenvalue weighted by atomic mass is 10.0. The van der Waals surface area contributed by atoms with Crippen LogP contribution in [0.2, 0.25) is 0 Å². The molecule has 7 nitrogen and oxygen atoms in total. The van der Waals surface area contributed by atoms with E-state index in [4.69, 9.17) is 5.41 Å². The third kappa shape index (κ3) is 29.0. The fourth-order valence-corrected chi connectivity index (χ4v) is 2.87. The lowest BCUT2D eigenvalue weighted by molar-refractivity contribution is -0.303. The van der Waals surface area contributed by atoms with Crippen molar-refractivity contribution in [2.24, 2.45) is 11.5 Å². The molecule has 0 fully saturated rings. The normalized spacial score (nSPS) is 10.0. The van der Waals surface area contributed by atoms with Crippen molar-refractivity contribution in [2.45, 2.75) is 110 Å². The summed E-state index contributed by atoms with van der Waals surface area (Å²) in [6.07, 6.45) is 20.5. The Bertz CT molecular complexity index is 386. The largest absolute Gasteiger partial charge is 0.539 e. The summed E-state index contributed by atoms with van der Waals surface area (Å²) in [7, 11) is 0. The molecule has 0 spiro atoms. The van der Waals surface area contributed by atoms with Gasteiger partial charge in [-0.1, -0.05) is 103 Å². The second-order valence-electron chi connectivity index (χ2n) is 7.18. The monoisotopic (exact) mass is 400 g/mol. The summed E-state index contributed by atoms with van der Waals surface area (Å²) in [5, 5.41) is 16.2. The molecule has 0 bridgehead atoms. The minimum atomic E-state index is -1.76. The Morgan fingerprint density at radius 2 is 1.00 bits per heavy atom. The molecule has 0 rings (SSSR count). The third-order valence-electron chi connectivity index (χ3n) is 4.40. The van der Waals surface area contributed by atoms with Crippen LogP contribution in [-0.2, 0) is 14.3 Å². The topological polar surface area (TPSA) is 142 Å². The quantitative estimate of drug-likeness (QED) is 0.112. The summed E-state index contributed by atoms with van der Waals surface area (Å²) in [5.74, 6) is -3.34. The zero-order valence-corrected chi connectivity index (χ0v) is 17.8. The number of nitrogens with one attached hydrogen (secondary N) is 1. The second kappa shape index (κ2) is 23.2. The van der Waals surface area contributed by atoms with Gasteiger partial charge in [0.05, 0.1) is 6.61 Å². The molecular formula is C21H42N3O4-. The highest BCUT2D eigenvalue weighted by molar-refractivity contribution is 6.27. The van der Waals surface area contributed by atoms with Gasteiger partial charge in [-0.25, -0.2) is 4.79 Å². The summed E-state index contributed by atoms with van der Waals surface area (Å²) in [6.45, 7) is 2.45. The molecular weight excluding hydrogens is 358 g/mol. The van der Waals surface area contributed by atoms with Crippen LogP contribution in [0, 0.1) is 5.41 Å². The highest BCUT2D eigenvalue weighted by Crippen LogP contribution is 2.13. The van der Waals surface area contributed by atoms with E-state index in [9.17, 15) is 14.7 Å². The number of hydrogen-bond acceptors (Lipinski definition) is 5. The molecule has 0 radical (unpaired) electrons. The molecule has 0 saturated carbocycles. The number of unbranched alkanes of at least 4 members (excludes halogenated alkanes) is 15. The van der Waals surface area contributed by atoms with Crippen LogP contribution in [0.4, 0.5) is 0 Å². The average molecular weight is 401 g/mol. The molecule has 0 atom stereocenters. The minimum absolute atomic E-state index is 0.186. The van der Waals surface area contributed by atoms with E-state index in [1.54, 1.807) is 0 Å². The van der Waals surface area contributed by atoms with Crippen LogP contribution in [0.3, 0.4) is 0 Å². The van der Waals surface area contributed by atoms with Gasteiger partial charge in [-0.3, -0.25) is 5.41 Å². The van der Waals surface area contributed by atoms with Gasteiger partial charge in [-0.2, -0.15) is 0 Å². The zero-order chi connectivity index (χ0) is 21.5. The number of hydrogen-bond donors (Lipinski definition) is 3. The fraction of sp³-hybridized carbons (Fsp3) is 0.857. The molecule has 0 unspecified atom stereocenters. The van der Waals surface area contributed by atoms with Crippen molar-refractivity contribution >= 4 is 17.9 Å². The second-order valence-corrected chi connectivity index (χ2v) is 7.18. The van der Waals surface area contributed by atoms with Crippen molar-refractivity contribution in [3.05, 3.63) is 0 Å². The number of carboxylic acids is 1. The lowest BCUT2D eigenvalue weighted by Crippen LogP contribution is -2.33. The van der Waals surface area contributed by atoms with E-state index in [2.05, 4.69) is 23.1 Å². The van der Waals surface area contributed by atoms with Gasteiger partial charge in [0, 0.05) is 0 Å². The standard InChI is InChI=1S/C20H38O4.CH5N3/c1-2-3-4-5-6-7-8-9-10-11-12-13-14-15-16-17-18-24-20(23)19(21)22;2-1(3)4/h2-18H2,1H3,(H,21,22);(H5,2,3,4)/p-1. The number of rotatable bonds is 17. The minimum Gasteiger partial charge on any atom is -0.539 e. The van der Waals surface area contributed by atoms with Gasteiger partial charge < -0.3 is 26.1 Å². The van der Waals surface area contributed by atoms with E-state index < -0.39 is 11.9 Å². The predicted octanol–water partition coefficient (Wildman–Crippen LogP) is 3.38. The molecule has 28 heavy (non-hydrogen) atoms. The van der Waals surface area contributed by atoms with Crippen molar-refractivity contribution in [1.82, 2.24) is 0 Å². The molecule has 5 N–H and O–H groups in total. The molecule has 0 aliphatic rings. The van der Waals surface area contributed by atoms with E-state index >= 15 is 0 Å². The number of carbonyl (C=O) groups excluding carboxylic acids is 2. The van der Waals surface area contributed by atoms with E-state index in [1.165, 1.54) is 83.5 Å². The number of carboxylic acid groups (broad SMARTS) is 1. The van der Waals surface area contributed by atoms with Gasteiger partial charge in [-0.05, 0) is 6.42 Å². The van der Waals surface area contributed by atoms with Gasteiger partial charge in [0.2, 0.25) is 0 Å². The number of esters is 1. The number of nitrogens with two attached hydrogens (primary N) is 2. The molecule has 0 saturated heterocycles. The number of carbonyl (C=O) groups is 2. The fourth-order valence-electron chi connectivity index (χ4n) is 2.87. The van der Waals surface area contributed by atoms with Crippen LogP contribution >= 0.6 is 0 Å². The van der Waals surface area contributed by atoms with Crippen LogP contribution in [-0.4, -0.2) is 24.5 Å². The smallest absolute Gasteiger partial charge is 0.354 e. The van der Waals surface area contributed by atoms with Crippen molar-refractivity contribution in [3.63, 3.8) is 0 Å². The van der Waals surface area contributed by atoms with Gasteiger partial charge >= 0.3 is 5.97 Å². The van der Waals surface area contributed by atoms with Crippen LogP contribution in [0.5, 0.6) is 0 Å². The number of guanidine groups is 1. The molecule has 0 aromatic rings. The van der Waals surface area contributed by atoms with Crippen molar-refractivity contribution in [2.75, 3.05) is 6.61 Å². The van der Waals surface area contributed by atoms with Crippen molar-refractivity contribution in [3.8, 4) is 0 Å². The lowest BCUT2D eigenvalue weighted by Gasteiger charge is -2.05. The molecule has 0 aromatic carbocycles. The van der Waals surface area contributed by atoms with Crippen LogP contribution < -0.4 is 16.6 Å². The Balaban J connectivity index is 0. The van der Waals surface area contributed by atoms with Crippen LogP contribution in [0.1, 0.15) is 110 Å². The first kappa shape index (κ1) is 28.4. The Kier molecular flexibility index (Phi) is 23.6. The molecule has 0 aliphatic carbocycles. The molecule has 166 valence electrons. The summed E-state index contributed by atoms with van der Waals surface area (Å²) in [5.41, 5.74) is 8.94. The average Bonchev–Trinajstić information content (AvgIpc) is 2.63. The SMILES string of the molecule is CCCCCCCCCCCCCCCCCCOC(=O)C(=O)[O-].N=C(N)N. The number of aliphatic carboxylic acids is 1. The van der Waals surface area contributed by atoms with E-state index in [0.717, 1.165) is 19.3 Å². The molecule has 0 aliphatic heterocycles. The zero-order valence-electron chi connectivity index (χ0n) is 17.8. The van der Waals surface area contributed by atoms with Crippen molar-refractivity contribution in [1.29, 1.82) is 5.41 Å². The Morgan fingerprint density at radius 3 is 1.29 bits per heavy atom. The van der Waals surface area contributed by atoms with Gasteiger partial charge in [-0.15, -0.1) is 0 Å². The summed E-state index contributed by atoms with van der Waals surface area (Å²) >= 11 is 0. The van der Waals surface area contributed by atoms with Gasteiger partial charge in [0.15, 0.2) is 11.9 Å². The Hall–Kier alpha value is -1.79. The highest BCUT2D eigenvalue weighted by atomic mass is 16.6.